The third-order valence-electron chi connectivity index (χ3n) is 8.42. The fourth-order valence-corrected chi connectivity index (χ4v) is 5.80. The Bertz CT molecular complexity index is 1340. The van der Waals surface area contributed by atoms with Crippen LogP contribution in [0.5, 0.6) is 28.7 Å². The fraction of sp³-hybridized carbons (Fsp3) is 0.567. The second-order valence-corrected chi connectivity index (χ2v) is 11.4. The molecule has 2 aliphatic heterocycles. The van der Waals surface area contributed by atoms with E-state index in [0.29, 0.717) is 5.56 Å². The number of aliphatic hydroxyl groups excluding tert-OH is 6. The molecule has 1 saturated heterocycles. The zero-order valence-electron chi connectivity index (χ0n) is 24.3. The summed E-state index contributed by atoms with van der Waals surface area (Å²) in [5.41, 5.74) is 0.700. The molecule has 2 aromatic rings. The molecule has 0 bridgehead atoms. The number of carbonyl (C=O) groups is 1. The maximum Gasteiger partial charge on any atom is 0.229 e. The quantitative estimate of drug-likeness (QED) is 0.203. The molecule has 44 heavy (non-hydrogen) atoms. The Morgan fingerprint density at radius 3 is 2.25 bits per heavy atom. The number of benzene rings is 2. The summed E-state index contributed by atoms with van der Waals surface area (Å²) in [5, 5.41) is 72.4. The van der Waals surface area contributed by atoms with Crippen LogP contribution in [0.25, 0.3) is 0 Å². The van der Waals surface area contributed by atoms with Crippen LogP contribution in [0, 0.1) is 5.92 Å². The molecule has 14 nitrogen and oxygen atoms in total. The SMILES string of the molecule is COc1ccc([C@@H]2CC(=O)c3c(OC)cc(O[C@@H]4O[C@H](CO[C@@H]5C[C@@H](C)[C@H](O)[C@@H](O)[C@H]5O)[C@@H](O)[C@H](O)[C@H]4O)cc3O2)cc1O. The molecule has 3 aliphatic rings. The monoisotopic (exact) mass is 622 g/mol. The van der Waals surface area contributed by atoms with Crippen LogP contribution in [-0.4, -0.2) is 117 Å². The van der Waals surface area contributed by atoms with Crippen LogP contribution >= 0.6 is 0 Å². The fourth-order valence-electron chi connectivity index (χ4n) is 5.80. The number of phenolic OH excluding ortho intramolecular Hbond substituents is 1. The highest BCUT2D eigenvalue weighted by Gasteiger charge is 2.47. The van der Waals surface area contributed by atoms with Gasteiger partial charge >= 0.3 is 0 Å². The highest BCUT2D eigenvalue weighted by atomic mass is 16.7. The molecule has 5 rings (SSSR count). The summed E-state index contributed by atoms with van der Waals surface area (Å²) in [5.74, 6) is -0.221. The van der Waals surface area contributed by atoms with Crippen molar-refractivity contribution in [2.75, 3.05) is 20.8 Å². The van der Waals surface area contributed by atoms with Gasteiger partial charge in [-0.3, -0.25) is 4.79 Å². The number of methoxy groups -OCH3 is 2. The zero-order valence-corrected chi connectivity index (χ0v) is 24.3. The van der Waals surface area contributed by atoms with Gasteiger partial charge in [0.25, 0.3) is 0 Å². The van der Waals surface area contributed by atoms with E-state index in [1.54, 1.807) is 19.1 Å². The van der Waals surface area contributed by atoms with Gasteiger partial charge in [-0.1, -0.05) is 13.0 Å². The molecule has 14 heteroatoms. The van der Waals surface area contributed by atoms with E-state index in [-0.39, 0.29) is 65.5 Å². The second-order valence-electron chi connectivity index (χ2n) is 11.4. The van der Waals surface area contributed by atoms with Gasteiger partial charge in [0.2, 0.25) is 6.29 Å². The number of ketones is 1. The lowest BCUT2D eigenvalue weighted by Gasteiger charge is -2.42. The first-order chi connectivity index (χ1) is 20.9. The Morgan fingerprint density at radius 1 is 0.864 bits per heavy atom. The average Bonchev–Trinajstić information content (AvgIpc) is 3.01. The van der Waals surface area contributed by atoms with Crippen molar-refractivity contribution >= 4 is 5.78 Å². The first-order valence-electron chi connectivity index (χ1n) is 14.2. The van der Waals surface area contributed by atoms with Gasteiger partial charge in [-0.25, -0.2) is 0 Å². The molecular formula is C30H38O14. The van der Waals surface area contributed by atoms with E-state index in [9.17, 15) is 40.5 Å². The van der Waals surface area contributed by atoms with E-state index >= 15 is 0 Å². The van der Waals surface area contributed by atoms with Crippen molar-refractivity contribution in [2.24, 2.45) is 5.92 Å². The summed E-state index contributed by atoms with van der Waals surface area (Å²) in [6.45, 7) is 1.35. The third-order valence-corrected chi connectivity index (χ3v) is 8.42. The molecule has 2 aromatic carbocycles. The predicted octanol–water partition coefficient (Wildman–Crippen LogP) is -0.190. The van der Waals surface area contributed by atoms with Gasteiger partial charge in [0.15, 0.2) is 17.3 Å². The molecule has 2 heterocycles. The highest BCUT2D eigenvalue weighted by Crippen LogP contribution is 2.44. The molecule has 1 aliphatic carbocycles. The van der Waals surface area contributed by atoms with E-state index in [0.717, 1.165) is 0 Å². The third kappa shape index (κ3) is 6.17. The molecule has 0 spiro atoms. The lowest BCUT2D eigenvalue weighted by Crippen LogP contribution is -2.61. The van der Waals surface area contributed by atoms with Gasteiger partial charge < -0.3 is 64.2 Å². The molecule has 0 unspecified atom stereocenters. The minimum atomic E-state index is -1.70. The normalized spacial score (nSPS) is 35.4. The highest BCUT2D eigenvalue weighted by molar-refractivity contribution is 6.02. The van der Waals surface area contributed by atoms with E-state index in [1.165, 1.54) is 32.4 Å². The molecule has 0 amide bonds. The molecule has 242 valence electrons. The van der Waals surface area contributed by atoms with E-state index in [4.69, 9.17) is 28.4 Å². The summed E-state index contributed by atoms with van der Waals surface area (Å²) in [6.07, 6.45) is -13.1. The Balaban J connectivity index is 1.33. The Kier molecular flexibility index (Phi) is 9.53. The van der Waals surface area contributed by atoms with Crippen molar-refractivity contribution in [2.45, 2.75) is 81.0 Å². The molecule has 1 saturated carbocycles. The molecule has 11 atom stereocenters. The van der Waals surface area contributed by atoms with Gasteiger partial charge in [-0.15, -0.1) is 0 Å². The van der Waals surface area contributed by atoms with Crippen LogP contribution in [0.4, 0.5) is 0 Å². The van der Waals surface area contributed by atoms with E-state index in [2.05, 4.69) is 0 Å². The van der Waals surface area contributed by atoms with Crippen molar-refractivity contribution in [1.82, 2.24) is 0 Å². The maximum atomic E-state index is 13.1. The summed E-state index contributed by atoms with van der Waals surface area (Å²) in [7, 11) is 2.77. The van der Waals surface area contributed by atoms with Crippen molar-refractivity contribution < 1.29 is 69.0 Å². The first kappa shape index (κ1) is 32.2. The minimum absolute atomic E-state index is 0.0317. The Hall–Kier alpha value is -3.21. The van der Waals surface area contributed by atoms with Crippen LogP contribution in [0.3, 0.4) is 0 Å². The Labute approximate surface area is 252 Å². The molecule has 2 fully saturated rings. The average molecular weight is 623 g/mol. The number of ether oxygens (including phenoxy) is 6. The van der Waals surface area contributed by atoms with Gasteiger partial charge in [0.1, 0.15) is 65.5 Å². The number of fused-ring (bicyclic) bond motifs is 1. The smallest absolute Gasteiger partial charge is 0.229 e. The number of phenols is 1. The maximum absolute atomic E-state index is 13.1. The standard InChI is InChI=1S/C30H38O14/c1-12-6-21(25(34)27(36)24(12)33)41-11-22-26(35)28(37)29(38)30(44-22)42-14-8-19(40-3)23-16(32)10-18(43-20(23)9-14)13-4-5-17(39-2)15(31)7-13/h4-5,7-9,12,18,21-22,24-31,33-38H,6,10-11H2,1-3H3/t12-,18+,21-,22-,24+,25+,26-,27-,28+,29-,30-/m1/s1. The summed E-state index contributed by atoms with van der Waals surface area (Å²) >= 11 is 0. The van der Waals surface area contributed by atoms with Crippen LogP contribution < -0.4 is 18.9 Å². The summed E-state index contributed by atoms with van der Waals surface area (Å²) in [6, 6.07) is 7.45. The second kappa shape index (κ2) is 13.0. The van der Waals surface area contributed by atoms with Gasteiger partial charge in [0, 0.05) is 12.1 Å². The lowest BCUT2D eigenvalue weighted by molar-refractivity contribution is -0.285. The van der Waals surface area contributed by atoms with Gasteiger partial charge in [-0.05, 0) is 30.0 Å². The van der Waals surface area contributed by atoms with Crippen LogP contribution in [0.2, 0.25) is 0 Å². The van der Waals surface area contributed by atoms with Crippen molar-refractivity contribution in [1.29, 1.82) is 0 Å². The molecular weight excluding hydrogens is 584 g/mol. The number of aliphatic hydroxyl groups is 6. The molecule has 0 aromatic heterocycles. The number of Topliss-reactive ketones (excluding diaryl/α,β-unsaturated/α-hetero) is 1. The van der Waals surface area contributed by atoms with E-state index in [1.807, 2.05) is 0 Å². The van der Waals surface area contributed by atoms with Crippen molar-refractivity contribution in [3.8, 4) is 28.7 Å². The topological polar surface area (TPSA) is 214 Å². The summed E-state index contributed by atoms with van der Waals surface area (Å²) < 4.78 is 34.0. The Morgan fingerprint density at radius 2 is 1.57 bits per heavy atom. The zero-order chi connectivity index (χ0) is 31.9. The van der Waals surface area contributed by atoms with Crippen LogP contribution in [0.15, 0.2) is 30.3 Å². The molecule has 0 radical (unpaired) electrons. The van der Waals surface area contributed by atoms with E-state index < -0.39 is 61.2 Å². The number of rotatable bonds is 8. The minimum Gasteiger partial charge on any atom is -0.504 e. The first-order valence-corrected chi connectivity index (χ1v) is 14.2. The summed E-state index contributed by atoms with van der Waals surface area (Å²) in [4.78, 5) is 13.1. The van der Waals surface area contributed by atoms with Crippen LogP contribution in [-0.2, 0) is 9.47 Å². The number of carbonyl (C=O) groups excluding carboxylic acids is 1. The van der Waals surface area contributed by atoms with Crippen LogP contribution in [0.1, 0.15) is 41.8 Å². The van der Waals surface area contributed by atoms with Gasteiger partial charge in [0.05, 0.1) is 39.5 Å². The van der Waals surface area contributed by atoms with Crippen molar-refractivity contribution in [3.05, 3.63) is 41.5 Å². The molecule has 7 N–H and O–H groups in total. The van der Waals surface area contributed by atoms with Crippen molar-refractivity contribution in [3.63, 3.8) is 0 Å². The number of aromatic hydroxyl groups is 1. The largest absolute Gasteiger partial charge is 0.504 e. The van der Waals surface area contributed by atoms with Gasteiger partial charge in [-0.2, -0.15) is 0 Å². The lowest BCUT2D eigenvalue weighted by atomic mass is 9.82. The predicted molar refractivity (Wildman–Crippen MR) is 149 cm³/mol. The number of hydrogen-bond donors (Lipinski definition) is 7. The number of hydrogen-bond acceptors (Lipinski definition) is 14.